The maximum atomic E-state index is 12.6. The Bertz CT molecular complexity index is 727. The molecule has 0 amide bonds. The first-order valence-corrected chi connectivity index (χ1v) is 7.34. The van der Waals surface area contributed by atoms with Crippen LogP contribution in [0.5, 0.6) is 0 Å². The highest BCUT2D eigenvalue weighted by Gasteiger charge is 2.31. The second kappa shape index (κ2) is 4.81. The van der Waals surface area contributed by atoms with E-state index in [0.717, 1.165) is 0 Å². The average Bonchev–Trinajstić information content (AvgIpc) is 2.94. The van der Waals surface area contributed by atoms with Crippen LogP contribution in [0.3, 0.4) is 0 Å². The molecule has 1 aliphatic rings. The quantitative estimate of drug-likeness (QED) is 0.560. The van der Waals surface area contributed by atoms with Crippen LogP contribution in [0.2, 0.25) is 0 Å². The van der Waals surface area contributed by atoms with E-state index in [0.29, 0.717) is 24.6 Å². The number of hydrogen-bond acceptors (Lipinski definition) is 7. The fourth-order valence-electron chi connectivity index (χ4n) is 2.09. The third-order valence-corrected chi connectivity index (χ3v) is 5.03. The lowest BCUT2D eigenvalue weighted by atomic mass is 10.4. The molecule has 2 aromatic rings. The second-order valence-corrected chi connectivity index (χ2v) is 6.20. The summed E-state index contributed by atoms with van der Waals surface area (Å²) >= 11 is 0. The van der Waals surface area contributed by atoms with Crippen LogP contribution >= 0.6 is 0 Å². The maximum Gasteiger partial charge on any atom is 0.247 e. The standard InChI is InChI=1S/C10H13N7O2S/c11-14-8-1-2-12-5-9(8)20(18,19)17-4-3-16-7-13-15-10(16)6-17/h1-2,5,7H,3-4,6,11H2,(H,12,14). The van der Waals surface area contributed by atoms with Gasteiger partial charge in [-0.2, -0.15) is 4.31 Å². The minimum atomic E-state index is -3.68. The number of hydrazine groups is 1. The van der Waals surface area contributed by atoms with Crippen molar-refractivity contribution in [1.82, 2.24) is 24.1 Å². The molecular formula is C10H13N7O2S. The van der Waals surface area contributed by atoms with Crippen molar-refractivity contribution in [3.05, 3.63) is 30.6 Å². The zero-order chi connectivity index (χ0) is 14.2. The predicted octanol–water partition coefficient (Wildman–Crippen LogP) is -0.837. The molecule has 3 rings (SSSR count). The van der Waals surface area contributed by atoms with Gasteiger partial charge in [0.1, 0.15) is 17.0 Å². The van der Waals surface area contributed by atoms with Gasteiger partial charge in [-0.15, -0.1) is 10.2 Å². The molecule has 106 valence electrons. The number of anilines is 1. The van der Waals surface area contributed by atoms with Gasteiger partial charge in [0.15, 0.2) is 0 Å². The molecule has 9 nitrogen and oxygen atoms in total. The molecule has 2 aromatic heterocycles. The SMILES string of the molecule is NNc1ccncc1S(=O)(=O)N1CCn2cnnc2C1. The van der Waals surface area contributed by atoms with E-state index in [1.54, 1.807) is 6.33 Å². The monoisotopic (exact) mass is 295 g/mol. The van der Waals surface area contributed by atoms with Crippen LogP contribution < -0.4 is 11.3 Å². The van der Waals surface area contributed by atoms with Gasteiger partial charge in [0.2, 0.25) is 10.0 Å². The number of hydrogen-bond donors (Lipinski definition) is 2. The van der Waals surface area contributed by atoms with Crippen molar-refractivity contribution in [3.63, 3.8) is 0 Å². The van der Waals surface area contributed by atoms with Gasteiger partial charge in [-0.3, -0.25) is 10.8 Å². The number of nitrogens with zero attached hydrogens (tertiary/aromatic N) is 5. The van der Waals surface area contributed by atoms with Gasteiger partial charge >= 0.3 is 0 Å². The van der Waals surface area contributed by atoms with E-state index in [-0.39, 0.29) is 11.4 Å². The molecule has 3 heterocycles. The molecule has 0 fully saturated rings. The number of rotatable bonds is 3. The van der Waals surface area contributed by atoms with Crippen LogP contribution in [0.4, 0.5) is 5.69 Å². The van der Waals surface area contributed by atoms with Gasteiger partial charge in [0, 0.05) is 25.5 Å². The number of aromatic nitrogens is 4. The van der Waals surface area contributed by atoms with Crippen LogP contribution in [0.25, 0.3) is 0 Å². The lowest BCUT2D eigenvalue weighted by Gasteiger charge is -2.26. The average molecular weight is 295 g/mol. The van der Waals surface area contributed by atoms with E-state index in [1.165, 1.54) is 22.8 Å². The summed E-state index contributed by atoms with van der Waals surface area (Å²) in [5.74, 6) is 5.97. The fraction of sp³-hybridized carbons (Fsp3) is 0.300. The van der Waals surface area contributed by atoms with Crippen LogP contribution in [0.15, 0.2) is 29.7 Å². The van der Waals surface area contributed by atoms with Crippen LogP contribution in [-0.2, 0) is 23.1 Å². The van der Waals surface area contributed by atoms with Crippen molar-refractivity contribution >= 4 is 15.7 Å². The molecule has 0 bridgehead atoms. The Hall–Kier alpha value is -2.04. The normalized spacial score (nSPS) is 15.8. The Labute approximate surface area is 115 Å². The highest BCUT2D eigenvalue weighted by Crippen LogP contribution is 2.25. The first kappa shape index (κ1) is 13.0. The minimum Gasteiger partial charge on any atom is -0.323 e. The highest BCUT2D eigenvalue weighted by atomic mass is 32.2. The summed E-state index contributed by atoms with van der Waals surface area (Å²) in [6, 6.07) is 1.51. The van der Waals surface area contributed by atoms with Crippen molar-refractivity contribution in [3.8, 4) is 0 Å². The summed E-state index contributed by atoms with van der Waals surface area (Å²) in [5, 5.41) is 7.68. The summed E-state index contributed by atoms with van der Waals surface area (Å²) in [6.45, 7) is 1.06. The highest BCUT2D eigenvalue weighted by molar-refractivity contribution is 7.89. The Kier molecular flexibility index (Phi) is 3.12. The van der Waals surface area contributed by atoms with Crippen LogP contribution in [-0.4, -0.2) is 39.0 Å². The molecule has 0 aliphatic carbocycles. The van der Waals surface area contributed by atoms with Crippen molar-refractivity contribution in [2.24, 2.45) is 5.84 Å². The third kappa shape index (κ3) is 2.03. The van der Waals surface area contributed by atoms with Crippen molar-refractivity contribution in [2.45, 2.75) is 18.0 Å². The molecule has 0 radical (unpaired) electrons. The first-order valence-electron chi connectivity index (χ1n) is 5.90. The number of sulfonamides is 1. The molecule has 10 heteroatoms. The van der Waals surface area contributed by atoms with Crippen LogP contribution in [0.1, 0.15) is 5.82 Å². The number of nitrogens with one attached hydrogen (secondary N) is 1. The topological polar surface area (TPSA) is 119 Å². The summed E-state index contributed by atoms with van der Waals surface area (Å²) < 4.78 is 28.4. The summed E-state index contributed by atoms with van der Waals surface area (Å²) in [4.78, 5) is 3.91. The van der Waals surface area contributed by atoms with E-state index in [9.17, 15) is 8.42 Å². The summed E-state index contributed by atoms with van der Waals surface area (Å²) in [6.07, 6.45) is 4.35. The maximum absolute atomic E-state index is 12.6. The molecule has 0 saturated carbocycles. The number of pyridine rings is 1. The van der Waals surface area contributed by atoms with E-state index < -0.39 is 10.0 Å². The smallest absolute Gasteiger partial charge is 0.247 e. The molecule has 0 aromatic carbocycles. The van der Waals surface area contributed by atoms with Crippen molar-refractivity contribution in [1.29, 1.82) is 0 Å². The molecule has 0 atom stereocenters. The van der Waals surface area contributed by atoms with E-state index in [4.69, 9.17) is 5.84 Å². The van der Waals surface area contributed by atoms with Gasteiger partial charge < -0.3 is 9.99 Å². The summed E-state index contributed by atoms with van der Waals surface area (Å²) in [5.41, 5.74) is 2.69. The fourth-order valence-corrected chi connectivity index (χ4v) is 3.58. The minimum absolute atomic E-state index is 0.0514. The third-order valence-electron chi connectivity index (χ3n) is 3.16. The van der Waals surface area contributed by atoms with E-state index in [1.807, 2.05) is 4.57 Å². The second-order valence-electron chi connectivity index (χ2n) is 4.30. The Balaban J connectivity index is 1.97. The van der Waals surface area contributed by atoms with Crippen molar-refractivity contribution in [2.75, 3.05) is 12.0 Å². The lowest BCUT2D eigenvalue weighted by Crippen LogP contribution is -2.38. The van der Waals surface area contributed by atoms with E-state index >= 15 is 0 Å². The lowest BCUT2D eigenvalue weighted by molar-refractivity contribution is 0.335. The summed E-state index contributed by atoms with van der Waals surface area (Å²) in [7, 11) is -3.68. The molecule has 20 heavy (non-hydrogen) atoms. The van der Waals surface area contributed by atoms with Gasteiger partial charge in [0.05, 0.1) is 12.2 Å². The number of nitrogens with two attached hydrogens (primary N) is 1. The molecular weight excluding hydrogens is 282 g/mol. The van der Waals surface area contributed by atoms with Gasteiger partial charge in [-0.05, 0) is 6.07 Å². The van der Waals surface area contributed by atoms with Gasteiger partial charge in [-0.1, -0.05) is 0 Å². The predicted molar refractivity (Wildman–Crippen MR) is 69.7 cm³/mol. The zero-order valence-corrected chi connectivity index (χ0v) is 11.3. The number of fused-ring (bicyclic) bond motifs is 1. The molecule has 0 unspecified atom stereocenters. The molecule has 0 spiro atoms. The largest absolute Gasteiger partial charge is 0.323 e. The number of nitrogen functional groups attached to an aromatic ring is 1. The molecule has 0 saturated heterocycles. The molecule has 1 aliphatic heterocycles. The Morgan fingerprint density at radius 1 is 1.35 bits per heavy atom. The zero-order valence-electron chi connectivity index (χ0n) is 10.5. The van der Waals surface area contributed by atoms with Gasteiger partial charge in [0.25, 0.3) is 0 Å². The Morgan fingerprint density at radius 2 is 2.20 bits per heavy atom. The van der Waals surface area contributed by atoms with Crippen molar-refractivity contribution < 1.29 is 8.42 Å². The van der Waals surface area contributed by atoms with E-state index in [2.05, 4.69) is 20.6 Å². The molecule has 3 N–H and O–H groups in total. The Morgan fingerprint density at radius 3 is 3.00 bits per heavy atom. The van der Waals surface area contributed by atoms with Gasteiger partial charge in [-0.25, -0.2) is 8.42 Å². The van der Waals surface area contributed by atoms with Crippen LogP contribution in [0, 0.1) is 0 Å². The first-order chi connectivity index (χ1) is 9.63.